The fourth-order valence-electron chi connectivity index (χ4n) is 4.03. The molecular formula is C24H20N4O3. The third-order valence-electron chi connectivity index (χ3n) is 5.59. The molecule has 1 N–H and O–H groups in total. The molecular weight excluding hydrogens is 392 g/mol. The number of nitrogens with zero attached hydrogens (tertiary/aromatic N) is 3. The number of hydrogen-bond donors (Lipinski definition) is 1. The van der Waals surface area contributed by atoms with Crippen molar-refractivity contribution in [2.45, 2.75) is 19.4 Å². The van der Waals surface area contributed by atoms with Crippen LogP contribution < -0.4 is 15.7 Å². The number of aryl methyl sites for hydroxylation is 1. The molecule has 0 bridgehead atoms. The summed E-state index contributed by atoms with van der Waals surface area (Å²) in [7, 11) is 1.60. The Bertz CT molecular complexity index is 1420. The molecule has 0 atom stereocenters. The number of hydrazone groups is 1. The minimum atomic E-state index is -0.375. The molecule has 0 fully saturated rings. The average molecular weight is 412 g/mol. The number of carbonyl (C=O) groups is 1. The maximum atomic E-state index is 12.6. The molecule has 0 radical (unpaired) electrons. The van der Waals surface area contributed by atoms with Crippen LogP contribution in [0.3, 0.4) is 0 Å². The summed E-state index contributed by atoms with van der Waals surface area (Å²) in [6, 6.07) is 16.7. The van der Waals surface area contributed by atoms with Crippen molar-refractivity contribution < 1.29 is 9.53 Å². The Hall–Kier alpha value is -4.00. The Morgan fingerprint density at radius 2 is 2.03 bits per heavy atom. The highest BCUT2D eigenvalue weighted by Gasteiger charge is 2.17. The van der Waals surface area contributed by atoms with E-state index in [-0.39, 0.29) is 11.5 Å². The largest absolute Gasteiger partial charge is 0.496 e. The van der Waals surface area contributed by atoms with Crippen LogP contribution in [-0.4, -0.2) is 28.8 Å². The van der Waals surface area contributed by atoms with Crippen molar-refractivity contribution in [1.29, 1.82) is 0 Å². The van der Waals surface area contributed by atoms with Gasteiger partial charge in [-0.25, -0.2) is 10.4 Å². The van der Waals surface area contributed by atoms with Crippen molar-refractivity contribution in [3.8, 4) is 5.75 Å². The van der Waals surface area contributed by atoms with Gasteiger partial charge in [0.25, 0.3) is 11.5 Å². The Morgan fingerprint density at radius 3 is 2.90 bits per heavy atom. The van der Waals surface area contributed by atoms with E-state index < -0.39 is 0 Å². The second-order valence-electron chi connectivity index (χ2n) is 7.42. The van der Waals surface area contributed by atoms with Gasteiger partial charge in [-0.1, -0.05) is 30.3 Å². The molecule has 1 aromatic heterocycles. The van der Waals surface area contributed by atoms with Crippen LogP contribution in [0.5, 0.6) is 5.75 Å². The fourth-order valence-corrected chi connectivity index (χ4v) is 4.03. The number of methoxy groups -OCH3 is 1. The molecule has 0 spiro atoms. The first-order valence-electron chi connectivity index (χ1n) is 10.1. The van der Waals surface area contributed by atoms with Crippen LogP contribution in [0.15, 0.2) is 64.5 Å². The Morgan fingerprint density at radius 1 is 1.16 bits per heavy atom. The van der Waals surface area contributed by atoms with E-state index in [1.54, 1.807) is 36.1 Å². The quantitative estimate of drug-likeness (QED) is 0.412. The van der Waals surface area contributed by atoms with Gasteiger partial charge in [-0.3, -0.25) is 14.2 Å². The molecule has 1 amide bonds. The Labute approximate surface area is 178 Å². The number of fused-ring (bicyclic) bond motifs is 3. The average Bonchev–Trinajstić information content (AvgIpc) is 3.27. The summed E-state index contributed by atoms with van der Waals surface area (Å²) >= 11 is 0. The molecule has 1 aliphatic heterocycles. The van der Waals surface area contributed by atoms with Gasteiger partial charge in [0.15, 0.2) is 0 Å². The zero-order valence-electron chi connectivity index (χ0n) is 17.0. The summed E-state index contributed by atoms with van der Waals surface area (Å²) in [5.74, 6) is 1.07. The number of ether oxygens (including phenoxy) is 1. The van der Waals surface area contributed by atoms with Gasteiger partial charge in [-0.05, 0) is 41.5 Å². The number of rotatable bonds is 4. The Balaban J connectivity index is 1.43. The van der Waals surface area contributed by atoms with Crippen molar-refractivity contribution in [2.24, 2.45) is 5.10 Å². The second-order valence-corrected chi connectivity index (χ2v) is 7.42. The number of aromatic nitrogens is 2. The van der Waals surface area contributed by atoms with Crippen LogP contribution in [-0.2, 0) is 13.0 Å². The number of benzene rings is 3. The predicted molar refractivity (Wildman–Crippen MR) is 120 cm³/mol. The lowest BCUT2D eigenvalue weighted by molar-refractivity contribution is 0.0955. The topological polar surface area (TPSA) is 85.6 Å². The van der Waals surface area contributed by atoms with Gasteiger partial charge in [-0.2, -0.15) is 5.10 Å². The summed E-state index contributed by atoms with van der Waals surface area (Å²) in [5.41, 5.74) is 4.22. The third-order valence-corrected chi connectivity index (χ3v) is 5.59. The number of amides is 1. The van der Waals surface area contributed by atoms with Crippen LogP contribution in [0.1, 0.15) is 28.2 Å². The van der Waals surface area contributed by atoms with Crippen molar-refractivity contribution >= 4 is 33.8 Å². The number of nitrogens with one attached hydrogen (secondary N) is 1. The van der Waals surface area contributed by atoms with Gasteiger partial charge in [0, 0.05) is 24.1 Å². The summed E-state index contributed by atoms with van der Waals surface area (Å²) in [6.07, 6.45) is 3.27. The van der Waals surface area contributed by atoms with Crippen LogP contribution in [0.2, 0.25) is 0 Å². The molecule has 0 aliphatic carbocycles. The van der Waals surface area contributed by atoms with Crippen LogP contribution in [0, 0.1) is 0 Å². The van der Waals surface area contributed by atoms with Crippen molar-refractivity contribution in [3.63, 3.8) is 0 Å². The highest BCUT2D eigenvalue weighted by Crippen LogP contribution is 2.26. The highest BCUT2D eigenvalue weighted by atomic mass is 16.5. The summed E-state index contributed by atoms with van der Waals surface area (Å²) in [6.45, 7) is 0.700. The lowest BCUT2D eigenvalue weighted by atomic mass is 10.0. The molecule has 5 rings (SSSR count). The molecule has 2 heterocycles. The zero-order valence-corrected chi connectivity index (χ0v) is 17.0. The zero-order chi connectivity index (χ0) is 21.4. The molecule has 3 aromatic carbocycles. The van der Waals surface area contributed by atoms with Crippen LogP contribution in [0.25, 0.3) is 21.7 Å². The highest BCUT2D eigenvalue weighted by molar-refractivity contribution is 6.03. The molecule has 0 unspecified atom stereocenters. The molecule has 7 heteroatoms. The smallest absolute Gasteiger partial charge is 0.271 e. The predicted octanol–water partition coefficient (Wildman–Crippen LogP) is 3.27. The lowest BCUT2D eigenvalue weighted by Crippen LogP contribution is -2.22. The van der Waals surface area contributed by atoms with Gasteiger partial charge < -0.3 is 4.74 Å². The molecule has 7 nitrogen and oxygen atoms in total. The second kappa shape index (κ2) is 7.68. The maximum Gasteiger partial charge on any atom is 0.271 e. The summed E-state index contributed by atoms with van der Waals surface area (Å²) in [5, 5.41) is 6.69. The van der Waals surface area contributed by atoms with E-state index in [0.29, 0.717) is 28.8 Å². The van der Waals surface area contributed by atoms with E-state index in [1.807, 2.05) is 36.4 Å². The SMILES string of the molecule is COc1ccc2ccccc2c1/C=N\NC(=O)c1ccc2c(=O)n3c(nc2c1)CCC3. The molecule has 154 valence electrons. The molecule has 0 saturated heterocycles. The van der Waals surface area contributed by atoms with E-state index in [4.69, 9.17) is 4.74 Å². The van der Waals surface area contributed by atoms with Crippen molar-refractivity contribution in [1.82, 2.24) is 15.0 Å². The first-order valence-corrected chi connectivity index (χ1v) is 10.1. The van der Waals surface area contributed by atoms with E-state index in [2.05, 4.69) is 15.5 Å². The summed E-state index contributed by atoms with van der Waals surface area (Å²) in [4.78, 5) is 29.8. The number of hydrogen-bond acceptors (Lipinski definition) is 5. The first kappa shape index (κ1) is 19.0. The molecule has 31 heavy (non-hydrogen) atoms. The first-order chi connectivity index (χ1) is 15.2. The molecule has 4 aromatic rings. The van der Waals surface area contributed by atoms with E-state index >= 15 is 0 Å². The van der Waals surface area contributed by atoms with Gasteiger partial charge in [0.1, 0.15) is 11.6 Å². The number of carbonyl (C=O) groups excluding carboxylic acids is 1. The normalized spacial score (nSPS) is 13.1. The van der Waals surface area contributed by atoms with Gasteiger partial charge >= 0.3 is 0 Å². The maximum absolute atomic E-state index is 12.6. The fraction of sp³-hybridized carbons (Fsp3) is 0.167. The summed E-state index contributed by atoms with van der Waals surface area (Å²) < 4.78 is 7.16. The van der Waals surface area contributed by atoms with E-state index in [1.165, 1.54) is 0 Å². The standard InChI is InChI=1S/C24H20N4O3/c1-31-21-11-9-15-5-2-3-6-17(15)19(21)14-25-27-23(29)16-8-10-18-20(13-16)26-22-7-4-12-28(22)24(18)30/h2-3,5-6,8-11,13-14H,4,7,12H2,1H3,(H,27,29)/b25-14-. The van der Waals surface area contributed by atoms with E-state index in [0.717, 1.165) is 35.0 Å². The minimum Gasteiger partial charge on any atom is -0.496 e. The van der Waals surface area contributed by atoms with Crippen LogP contribution in [0.4, 0.5) is 0 Å². The lowest BCUT2D eigenvalue weighted by Gasteiger charge is -2.08. The van der Waals surface area contributed by atoms with Gasteiger partial charge in [0.2, 0.25) is 0 Å². The Kier molecular flexibility index (Phi) is 4.71. The van der Waals surface area contributed by atoms with Crippen molar-refractivity contribution in [2.75, 3.05) is 7.11 Å². The van der Waals surface area contributed by atoms with E-state index in [9.17, 15) is 9.59 Å². The monoisotopic (exact) mass is 412 g/mol. The van der Waals surface area contributed by atoms with Crippen LogP contribution >= 0.6 is 0 Å². The molecule has 0 saturated carbocycles. The van der Waals surface area contributed by atoms with Gasteiger partial charge in [0.05, 0.1) is 24.2 Å². The van der Waals surface area contributed by atoms with Gasteiger partial charge in [-0.15, -0.1) is 0 Å². The third kappa shape index (κ3) is 3.34. The molecule has 1 aliphatic rings. The minimum absolute atomic E-state index is 0.0504. The van der Waals surface area contributed by atoms with Crippen molar-refractivity contribution in [3.05, 3.63) is 81.9 Å².